The van der Waals surface area contributed by atoms with Crippen LogP contribution in [0.5, 0.6) is 0 Å². The summed E-state index contributed by atoms with van der Waals surface area (Å²) in [6.45, 7) is 3.63. The molecule has 2 aromatic carbocycles. The lowest BCUT2D eigenvalue weighted by atomic mass is 10.0. The highest BCUT2D eigenvalue weighted by atomic mass is 16.1. The van der Waals surface area contributed by atoms with Crippen molar-refractivity contribution in [3.05, 3.63) is 64.4 Å². The lowest BCUT2D eigenvalue weighted by molar-refractivity contribution is 0.240. The Balaban J connectivity index is 1.81. The second-order valence-electron chi connectivity index (χ2n) is 7.19. The molecular formula is C21H23N3O. The molecule has 0 amide bonds. The maximum atomic E-state index is 12.9. The van der Waals surface area contributed by atoms with E-state index in [2.05, 4.69) is 43.1 Å². The van der Waals surface area contributed by atoms with Crippen molar-refractivity contribution in [2.45, 2.75) is 26.4 Å². The normalized spacial score (nSPS) is 14.4. The lowest BCUT2D eigenvalue weighted by Crippen LogP contribution is -2.33. The molecule has 25 heavy (non-hydrogen) atoms. The molecule has 0 spiro atoms. The summed E-state index contributed by atoms with van der Waals surface area (Å²) >= 11 is 0. The van der Waals surface area contributed by atoms with Crippen molar-refractivity contribution >= 4 is 10.8 Å². The first-order chi connectivity index (χ1) is 12.1. The molecule has 1 aliphatic rings. The number of hydrogen-bond donors (Lipinski definition) is 0. The van der Waals surface area contributed by atoms with Crippen molar-refractivity contribution in [3.63, 3.8) is 0 Å². The predicted octanol–water partition coefficient (Wildman–Crippen LogP) is 3.67. The van der Waals surface area contributed by atoms with Gasteiger partial charge in [-0.1, -0.05) is 48.0 Å². The standard InChI is InChI=1S/C21H23N3O/c1-15-7-11-17(12-8-15)20-18-5-3-4-6-19(18)21(25)24(22-20)14-23(2)13-16-9-10-16/h3-8,11-12,16H,9-10,13-14H2,1-2H3. The maximum Gasteiger partial charge on any atom is 0.275 e. The molecule has 128 valence electrons. The Morgan fingerprint density at radius 3 is 2.44 bits per heavy atom. The van der Waals surface area contributed by atoms with Gasteiger partial charge in [0.25, 0.3) is 5.56 Å². The fourth-order valence-electron chi connectivity index (χ4n) is 3.28. The van der Waals surface area contributed by atoms with Crippen molar-refractivity contribution in [3.8, 4) is 11.3 Å². The lowest BCUT2D eigenvalue weighted by Gasteiger charge is -2.18. The molecule has 1 saturated carbocycles. The van der Waals surface area contributed by atoms with Crippen LogP contribution in [0, 0.1) is 12.8 Å². The van der Waals surface area contributed by atoms with Crippen LogP contribution in [-0.2, 0) is 6.67 Å². The first-order valence-corrected chi connectivity index (χ1v) is 8.87. The van der Waals surface area contributed by atoms with Crippen LogP contribution in [0.15, 0.2) is 53.3 Å². The first kappa shape index (κ1) is 16.0. The van der Waals surface area contributed by atoms with E-state index in [4.69, 9.17) is 5.10 Å². The largest absolute Gasteiger partial charge is 0.287 e. The third kappa shape index (κ3) is 3.35. The first-order valence-electron chi connectivity index (χ1n) is 8.87. The highest BCUT2D eigenvalue weighted by Crippen LogP contribution is 2.29. The molecule has 4 rings (SSSR count). The molecule has 0 unspecified atom stereocenters. The van der Waals surface area contributed by atoms with Gasteiger partial charge in [-0.25, -0.2) is 4.68 Å². The summed E-state index contributed by atoms with van der Waals surface area (Å²) in [5.74, 6) is 0.790. The molecule has 0 aliphatic heterocycles. The van der Waals surface area contributed by atoms with Crippen molar-refractivity contribution < 1.29 is 0 Å². The zero-order valence-electron chi connectivity index (χ0n) is 14.8. The van der Waals surface area contributed by atoms with Gasteiger partial charge < -0.3 is 0 Å². The average Bonchev–Trinajstić information content (AvgIpc) is 3.42. The van der Waals surface area contributed by atoms with Crippen molar-refractivity contribution in [2.24, 2.45) is 5.92 Å². The number of benzene rings is 2. The fourth-order valence-corrected chi connectivity index (χ4v) is 3.28. The minimum atomic E-state index is -0.0193. The topological polar surface area (TPSA) is 38.1 Å². The maximum absolute atomic E-state index is 12.9. The number of hydrogen-bond acceptors (Lipinski definition) is 3. The minimum absolute atomic E-state index is 0.0193. The molecule has 1 heterocycles. The van der Waals surface area contributed by atoms with Crippen molar-refractivity contribution in [1.82, 2.24) is 14.7 Å². The molecule has 0 bridgehead atoms. The van der Waals surface area contributed by atoms with Gasteiger partial charge in [-0.3, -0.25) is 9.69 Å². The van der Waals surface area contributed by atoms with Crippen LogP contribution in [0.1, 0.15) is 18.4 Å². The molecule has 0 radical (unpaired) electrons. The van der Waals surface area contributed by atoms with Gasteiger partial charge in [0.15, 0.2) is 0 Å². The molecule has 1 aromatic heterocycles. The summed E-state index contributed by atoms with van der Waals surface area (Å²) in [7, 11) is 2.06. The van der Waals surface area contributed by atoms with Crippen LogP contribution < -0.4 is 5.56 Å². The number of nitrogens with zero attached hydrogens (tertiary/aromatic N) is 3. The van der Waals surface area contributed by atoms with Gasteiger partial charge in [-0.15, -0.1) is 0 Å². The Labute approximate surface area is 147 Å². The second-order valence-corrected chi connectivity index (χ2v) is 7.19. The summed E-state index contributed by atoms with van der Waals surface area (Å²) in [6, 6.07) is 16.1. The highest BCUT2D eigenvalue weighted by Gasteiger charge is 2.23. The quantitative estimate of drug-likeness (QED) is 0.715. The third-order valence-electron chi connectivity index (χ3n) is 4.83. The Hall–Kier alpha value is -2.46. The Morgan fingerprint density at radius 2 is 1.76 bits per heavy atom. The zero-order chi connectivity index (χ0) is 17.4. The smallest absolute Gasteiger partial charge is 0.275 e. The number of rotatable bonds is 5. The molecule has 3 aromatic rings. The average molecular weight is 333 g/mol. The van der Waals surface area contributed by atoms with Gasteiger partial charge in [0.2, 0.25) is 0 Å². The minimum Gasteiger partial charge on any atom is -0.287 e. The summed E-state index contributed by atoms with van der Waals surface area (Å²) in [6.07, 6.45) is 2.61. The van der Waals surface area contributed by atoms with Crippen LogP contribution in [0.4, 0.5) is 0 Å². The van der Waals surface area contributed by atoms with Gasteiger partial charge >= 0.3 is 0 Å². The summed E-state index contributed by atoms with van der Waals surface area (Å²) < 4.78 is 1.61. The van der Waals surface area contributed by atoms with Crippen LogP contribution in [-0.4, -0.2) is 28.3 Å². The van der Waals surface area contributed by atoms with Gasteiger partial charge in [0.1, 0.15) is 0 Å². The molecule has 0 atom stereocenters. The van der Waals surface area contributed by atoms with E-state index < -0.39 is 0 Å². The summed E-state index contributed by atoms with van der Waals surface area (Å²) in [5, 5.41) is 6.37. The van der Waals surface area contributed by atoms with E-state index in [0.717, 1.165) is 34.5 Å². The van der Waals surface area contributed by atoms with E-state index >= 15 is 0 Å². The Kier molecular flexibility index (Phi) is 4.14. The summed E-state index contributed by atoms with van der Waals surface area (Å²) in [5.41, 5.74) is 3.11. The Bertz CT molecular complexity index is 955. The fraction of sp³-hybridized carbons (Fsp3) is 0.333. The van der Waals surface area contributed by atoms with Crippen LogP contribution in [0.25, 0.3) is 22.0 Å². The molecule has 4 heteroatoms. The predicted molar refractivity (Wildman–Crippen MR) is 102 cm³/mol. The molecule has 0 N–H and O–H groups in total. The monoisotopic (exact) mass is 333 g/mol. The van der Waals surface area contributed by atoms with E-state index in [0.29, 0.717) is 6.67 Å². The van der Waals surface area contributed by atoms with Crippen LogP contribution in [0.3, 0.4) is 0 Å². The molecule has 0 saturated heterocycles. The molecular weight excluding hydrogens is 310 g/mol. The van der Waals surface area contributed by atoms with Crippen LogP contribution >= 0.6 is 0 Å². The van der Waals surface area contributed by atoms with Crippen LogP contribution in [0.2, 0.25) is 0 Å². The highest BCUT2D eigenvalue weighted by molar-refractivity contribution is 5.93. The van der Waals surface area contributed by atoms with Gasteiger partial charge in [-0.05, 0) is 38.8 Å². The number of aromatic nitrogens is 2. The van der Waals surface area contributed by atoms with E-state index in [9.17, 15) is 4.79 Å². The van der Waals surface area contributed by atoms with Crippen molar-refractivity contribution in [2.75, 3.05) is 13.6 Å². The van der Waals surface area contributed by atoms with E-state index in [1.54, 1.807) is 4.68 Å². The summed E-state index contributed by atoms with van der Waals surface area (Å²) in [4.78, 5) is 15.1. The van der Waals surface area contributed by atoms with Gasteiger partial charge in [0, 0.05) is 17.5 Å². The molecule has 1 aliphatic carbocycles. The SMILES string of the molecule is Cc1ccc(-c2nn(CN(C)CC3CC3)c(=O)c3ccccc23)cc1. The van der Waals surface area contributed by atoms with E-state index in [-0.39, 0.29) is 5.56 Å². The number of aryl methyl sites for hydroxylation is 1. The zero-order valence-corrected chi connectivity index (χ0v) is 14.8. The van der Waals surface area contributed by atoms with Gasteiger partial charge in [0.05, 0.1) is 17.7 Å². The molecule has 1 fully saturated rings. The number of fused-ring (bicyclic) bond motifs is 1. The van der Waals surface area contributed by atoms with E-state index in [1.807, 2.05) is 24.3 Å². The van der Waals surface area contributed by atoms with E-state index in [1.165, 1.54) is 18.4 Å². The van der Waals surface area contributed by atoms with Crippen molar-refractivity contribution in [1.29, 1.82) is 0 Å². The third-order valence-corrected chi connectivity index (χ3v) is 4.83. The van der Waals surface area contributed by atoms with Gasteiger partial charge in [-0.2, -0.15) is 5.10 Å². The molecule has 4 nitrogen and oxygen atoms in total. The second kappa shape index (κ2) is 6.45. The Morgan fingerprint density at radius 1 is 1.08 bits per heavy atom.